The number of nitrogens with zero attached hydrogens (tertiary/aromatic N) is 3. The fourth-order valence-corrected chi connectivity index (χ4v) is 5.56. The number of halogens is 3. The first-order valence-corrected chi connectivity index (χ1v) is 12.8. The number of sulfonamides is 1. The third-order valence-electron chi connectivity index (χ3n) is 5.17. The summed E-state index contributed by atoms with van der Waals surface area (Å²) in [5.41, 5.74) is 0.278. The number of hydrogen-bond acceptors (Lipinski definition) is 7. The van der Waals surface area contributed by atoms with Crippen molar-refractivity contribution in [2.75, 3.05) is 10.0 Å². The smallest absolute Gasteiger partial charge is 0.326 e. The molecule has 1 amide bonds. The molecule has 0 saturated heterocycles. The Morgan fingerprint density at radius 2 is 1.88 bits per heavy atom. The topological polar surface area (TPSA) is 114 Å². The number of carbonyl (C=O) groups is 1. The molecular weight excluding hydrogens is 491 g/mol. The molecule has 13 heteroatoms. The highest BCUT2D eigenvalue weighted by Crippen LogP contribution is 2.32. The van der Waals surface area contributed by atoms with Crippen LogP contribution in [0.25, 0.3) is 11.3 Å². The van der Waals surface area contributed by atoms with Crippen LogP contribution in [0.2, 0.25) is 0 Å². The Morgan fingerprint density at radius 3 is 2.50 bits per heavy atom. The van der Waals surface area contributed by atoms with E-state index in [2.05, 4.69) is 25.0 Å². The third-order valence-corrected chi connectivity index (χ3v) is 7.90. The molecule has 0 spiro atoms. The van der Waals surface area contributed by atoms with Crippen LogP contribution in [-0.2, 0) is 21.0 Å². The number of alkyl halides is 3. The van der Waals surface area contributed by atoms with Crippen molar-refractivity contribution in [3.63, 3.8) is 0 Å². The second-order valence-corrected chi connectivity index (χ2v) is 10.6. The van der Waals surface area contributed by atoms with E-state index in [9.17, 15) is 26.4 Å². The first-order chi connectivity index (χ1) is 16.1. The highest BCUT2D eigenvalue weighted by molar-refractivity contribution is 7.93. The van der Waals surface area contributed by atoms with Crippen molar-refractivity contribution in [2.45, 2.75) is 43.5 Å². The van der Waals surface area contributed by atoms with Crippen LogP contribution >= 0.6 is 11.3 Å². The monoisotopic (exact) mass is 511 g/mol. The maximum atomic E-state index is 12.9. The second-order valence-electron chi connectivity index (χ2n) is 7.74. The Labute approximate surface area is 197 Å². The Balaban J connectivity index is 1.44. The molecule has 4 rings (SSSR count). The summed E-state index contributed by atoms with van der Waals surface area (Å²) in [5.74, 6) is -0.944. The van der Waals surface area contributed by atoms with Crippen molar-refractivity contribution in [1.82, 2.24) is 15.0 Å². The van der Waals surface area contributed by atoms with Crippen LogP contribution in [0.15, 0.2) is 42.0 Å². The molecule has 1 atom stereocenters. The summed E-state index contributed by atoms with van der Waals surface area (Å²) in [6, 6.07) is 6.18. The van der Waals surface area contributed by atoms with Gasteiger partial charge < -0.3 is 5.32 Å². The first-order valence-electron chi connectivity index (χ1n) is 10.3. The van der Waals surface area contributed by atoms with Gasteiger partial charge in [-0.1, -0.05) is 19.1 Å². The SMILES string of the molecule is CCC(C(=O)Nc1ccc(-c2cncc(C(F)(F)F)n2)cc1)c1csc(NS(=O)(=O)C2CC2)n1. The summed E-state index contributed by atoms with van der Waals surface area (Å²) in [6.45, 7) is 1.81. The molecule has 1 fully saturated rings. The van der Waals surface area contributed by atoms with Gasteiger partial charge in [0.05, 0.1) is 34.9 Å². The quantitative estimate of drug-likeness (QED) is 0.455. The van der Waals surface area contributed by atoms with Gasteiger partial charge in [-0.3, -0.25) is 14.5 Å². The number of rotatable bonds is 8. The van der Waals surface area contributed by atoms with E-state index in [1.165, 1.54) is 18.3 Å². The molecule has 0 aliphatic heterocycles. The Morgan fingerprint density at radius 1 is 1.18 bits per heavy atom. The molecule has 1 aromatic carbocycles. The van der Waals surface area contributed by atoms with Crippen LogP contribution < -0.4 is 10.0 Å². The summed E-state index contributed by atoms with van der Waals surface area (Å²) < 4.78 is 65.3. The normalized spacial score (nSPS) is 15.1. The van der Waals surface area contributed by atoms with E-state index in [1.807, 2.05) is 6.92 Å². The minimum absolute atomic E-state index is 0.0581. The van der Waals surface area contributed by atoms with Gasteiger partial charge in [0.2, 0.25) is 15.9 Å². The molecule has 1 aliphatic rings. The van der Waals surface area contributed by atoms with Crippen LogP contribution in [0.3, 0.4) is 0 Å². The number of benzene rings is 1. The molecular formula is C21H20F3N5O3S2. The number of nitrogens with one attached hydrogen (secondary N) is 2. The lowest BCUT2D eigenvalue weighted by molar-refractivity contribution is -0.141. The number of hydrogen-bond donors (Lipinski definition) is 2. The van der Waals surface area contributed by atoms with Crippen molar-refractivity contribution in [3.8, 4) is 11.3 Å². The molecule has 0 radical (unpaired) electrons. The summed E-state index contributed by atoms with van der Waals surface area (Å²) >= 11 is 1.12. The van der Waals surface area contributed by atoms with Crippen LogP contribution in [0.4, 0.5) is 24.0 Å². The van der Waals surface area contributed by atoms with Crippen molar-refractivity contribution in [1.29, 1.82) is 0 Å². The van der Waals surface area contributed by atoms with E-state index in [1.54, 1.807) is 17.5 Å². The predicted octanol–water partition coefficient (Wildman–Crippen LogP) is 4.66. The molecule has 1 aliphatic carbocycles. The Kier molecular flexibility index (Phi) is 6.58. The summed E-state index contributed by atoms with van der Waals surface area (Å²) in [7, 11) is -3.44. The van der Waals surface area contributed by atoms with Crippen LogP contribution in [0.5, 0.6) is 0 Å². The standard InChI is InChI=1S/C21H20F3N5O3S2/c1-2-15(17-11-33-20(28-17)29-34(31,32)14-7-8-14)19(30)26-13-5-3-12(4-6-13)16-9-25-10-18(27-16)21(22,23)24/h3-6,9-11,14-15H,2,7-8H2,1H3,(H,26,30)(H,28,29). The molecule has 2 N–H and O–H groups in total. The first kappa shape index (κ1) is 24.1. The summed E-state index contributed by atoms with van der Waals surface area (Å²) in [6.07, 6.45) is -1.02. The van der Waals surface area contributed by atoms with Gasteiger partial charge in [0, 0.05) is 16.6 Å². The molecule has 8 nitrogen and oxygen atoms in total. The number of carbonyl (C=O) groups excluding carboxylic acids is 1. The van der Waals surface area contributed by atoms with E-state index >= 15 is 0 Å². The van der Waals surface area contributed by atoms with Gasteiger partial charge in [-0.05, 0) is 31.4 Å². The van der Waals surface area contributed by atoms with Gasteiger partial charge in [-0.15, -0.1) is 11.3 Å². The zero-order valence-corrected chi connectivity index (χ0v) is 19.5. The largest absolute Gasteiger partial charge is 0.434 e. The summed E-state index contributed by atoms with van der Waals surface area (Å²) in [4.78, 5) is 24.3. The molecule has 2 heterocycles. The molecule has 1 saturated carbocycles. The lowest BCUT2D eigenvalue weighted by atomic mass is 10.0. The van der Waals surface area contributed by atoms with Crippen molar-refractivity contribution in [2.24, 2.45) is 0 Å². The zero-order chi connectivity index (χ0) is 24.5. The van der Waals surface area contributed by atoms with Gasteiger partial charge in [0.25, 0.3) is 0 Å². The molecule has 3 aromatic rings. The van der Waals surface area contributed by atoms with Crippen molar-refractivity contribution in [3.05, 3.63) is 53.4 Å². The molecule has 34 heavy (non-hydrogen) atoms. The highest BCUT2D eigenvalue weighted by atomic mass is 32.2. The average Bonchev–Trinajstić information content (AvgIpc) is 3.56. The lowest BCUT2D eigenvalue weighted by Gasteiger charge is -2.13. The van der Waals surface area contributed by atoms with Crippen molar-refractivity contribution >= 4 is 38.1 Å². The Bertz CT molecular complexity index is 1290. The predicted molar refractivity (Wildman–Crippen MR) is 122 cm³/mol. The van der Waals surface area contributed by atoms with E-state index in [0.29, 0.717) is 42.4 Å². The number of amides is 1. The Hall–Kier alpha value is -3.06. The average molecular weight is 512 g/mol. The van der Waals surface area contributed by atoms with Crippen LogP contribution in [-0.4, -0.2) is 34.5 Å². The van der Waals surface area contributed by atoms with Gasteiger partial charge >= 0.3 is 6.18 Å². The third kappa shape index (κ3) is 5.53. The number of anilines is 2. The van der Waals surface area contributed by atoms with Gasteiger partial charge in [-0.25, -0.2) is 18.4 Å². The molecule has 0 bridgehead atoms. The number of thiazole rings is 1. The minimum atomic E-state index is -4.60. The van der Waals surface area contributed by atoms with Gasteiger partial charge in [-0.2, -0.15) is 13.2 Å². The van der Waals surface area contributed by atoms with E-state index in [4.69, 9.17) is 0 Å². The fraction of sp³-hybridized carbons (Fsp3) is 0.333. The number of aromatic nitrogens is 3. The van der Waals surface area contributed by atoms with Crippen LogP contribution in [0, 0.1) is 0 Å². The summed E-state index contributed by atoms with van der Waals surface area (Å²) in [5, 5.41) is 4.25. The van der Waals surface area contributed by atoms with Gasteiger partial charge in [0.15, 0.2) is 10.8 Å². The van der Waals surface area contributed by atoms with E-state index in [-0.39, 0.29) is 22.0 Å². The highest BCUT2D eigenvalue weighted by Gasteiger charge is 2.36. The minimum Gasteiger partial charge on any atom is -0.326 e. The van der Waals surface area contributed by atoms with Gasteiger partial charge in [0.1, 0.15) is 0 Å². The second kappa shape index (κ2) is 9.29. The van der Waals surface area contributed by atoms with E-state index < -0.39 is 27.8 Å². The lowest BCUT2D eigenvalue weighted by Crippen LogP contribution is -2.21. The molecule has 1 unspecified atom stereocenters. The zero-order valence-electron chi connectivity index (χ0n) is 17.8. The van der Waals surface area contributed by atoms with Crippen LogP contribution in [0.1, 0.15) is 43.5 Å². The maximum Gasteiger partial charge on any atom is 0.434 e. The van der Waals surface area contributed by atoms with E-state index in [0.717, 1.165) is 11.3 Å². The van der Waals surface area contributed by atoms with Crippen molar-refractivity contribution < 1.29 is 26.4 Å². The maximum absolute atomic E-state index is 12.9. The fourth-order valence-electron chi connectivity index (χ4n) is 3.20. The molecule has 180 valence electrons. The molecule has 2 aromatic heterocycles.